The van der Waals surface area contributed by atoms with Crippen molar-refractivity contribution in [1.82, 2.24) is 9.62 Å². The fraction of sp³-hybridized carbons (Fsp3) is 0.263. The van der Waals surface area contributed by atoms with Gasteiger partial charge in [-0.25, -0.2) is 8.42 Å². The molecule has 152 valence electrons. The van der Waals surface area contributed by atoms with Crippen molar-refractivity contribution in [3.8, 4) is 0 Å². The molecule has 1 atom stereocenters. The van der Waals surface area contributed by atoms with Gasteiger partial charge in [0.15, 0.2) is 0 Å². The van der Waals surface area contributed by atoms with E-state index < -0.39 is 14.9 Å². The summed E-state index contributed by atoms with van der Waals surface area (Å²) >= 11 is 0. The van der Waals surface area contributed by atoms with Gasteiger partial charge in [0.05, 0.1) is 22.4 Å². The van der Waals surface area contributed by atoms with E-state index in [4.69, 9.17) is 0 Å². The van der Waals surface area contributed by atoms with Crippen LogP contribution in [0, 0.1) is 10.1 Å². The number of amidine groups is 1. The zero-order valence-corrected chi connectivity index (χ0v) is 16.7. The number of carbonyl (C=O) groups excluding carboxylic acids is 1. The number of aliphatic imine (C=N–C) groups is 1. The molecule has 2 aromatic rings. The Bertz CT molecular complexity index is 1100. The van der Waals surface area contributed by atoms with Crippen LogP contribution in [0.4, 0.5) is 5.69 Å². The molecule has 0 saturated carbocycles. The van der Waals surface area contributed by atoms with Crippen molar-refractivity contribution < 1.29 is 18.1 Å². The molecule has 1 aliphatic rings. The van der Waals surface area contributed by atoms with Gasteiger partial charge in [-0.3, -0.25) is 24.6 Å². The van der Waals surface area contributed by atoms with Crippen molar-refractivity contribution in [3.63, 3.8) is 0 Å². The largest absolute Gasteiger partial charge is 0.339 e. The molecule has 0 saturated heterocycles. The summed E-state index contributed by atoms with van der Waals surface area (Å²) in [5.74, 6) is 0.0188. The standard InChI is InChI=1S/C19H20N4O5S/c1-13(14-6-5-7-15(12-14)23(25)26)22(2)18(24)10-11-20-19-16-8-3-4-9-17(16)29(27,28)21-19/h3-9,12-13H,10-11H2,1-2H3,(H,20,21)/t13-/m0/s1. The Morgan fingerprint density at radius 3 is 2.69 bits per heavy atom. The molecule has 9 nitrogen and oxygen atoms in total. The first-order valence-electron chi connectivity index (χ1n) is 8.87. The van der Waals surface area contributed by atoms with E-state index in [0.717, 1.165) is 0 Å². The average Bonchev–Trinajstić information content (AvgIpc) is 2.97. The molecular weight excluding hydrogens is 396 g/mol. The number of nitrogens with zero attached hydrogens (tertiary/aromatic N) is 3. The number of carbonyl (C=O) groups is 1. The molecule has 0 fully saturated rings. The van der Waals surface area contributed by atoms with Crippen LogP contribution in [0.25, 0.3) is 0 Å². The van der Waals surface area contributed by atoms with E-state index in [-0.39, 0.29) is 41.3 Å². The summed E-state index contributed by atoms with van der Waals surface area (Å²) in [5, 5.41) is 10.9. The van der Waals surface area contributed by atoms with Gasteiger partial charge in [0.2, 0.25) is 5.91 Å². The Labute approximate surface area is 168 Å². The Balaban J connectivity index is 1.66. The number of rotatable bonds is 6. The van der Waals surface area contributed by atoms with E-state index in [1.807, 2.05) is 0 Å². The number of amides is 1. The highest BCUT2D eigenvalue weighted by atomic mass is 32.2. The maximum atomic E-state index is 12.5. The van der Waals surface area contributed by atoms with Crippen molar-refractivity contribution in [1.29, 1.82) is 0 Å². The fourth-order valence-corrected chi connectivity index (χ4v) is 4.28. The van der Waals surface area contributed by atoms with Gasteiger partial charge < -0.3 is 4.90 Å². The first-order chi connectivity index (χ1) is 13.7. The zero-order chi connectivity index (χ0) is 21.2. The van der Waals surface area contributed by atoms with E-state index in [9.17, 15) is 23.3 Å². The number of nitro benzene ring substituents is 1. The molecule has 1 heterocycles. The SMILES string of the molecule is C[C@@H](c1cccc([N+](=O)[O-])c1)N(C)C(=O)CCN=C1NS(=O)(=O)c2ccccc21. The quantitative estimate of drug-likeness (QED) is 0.572. The van der Waals surface area contributed by atoms with Crippen LogP contribution in [0.5, 0.6) is 0 Å². The third-order valence-corrected chi connectivity index (χ3v) is 6.19. The molecule has 0 aliphatic carbocycles. The molecule has 0 aromatic heterocycles. The van der Waals surface area contributed by atoms with E-state index in [2.05, 4.69) is 9.71 Å². The lowest BCUT2D eigenvalue weighted by Crippen LogP contribution is -2.30. The highest BCUT2D eigenvalue weighted by Crippen LogP contribution is 2.24. The third-order valence-electron chi connectivity index (χ3n) is 4.80. The average molecular weight is 416 g/mol. The first-order valence-corrected chi connectivity index (χ1v) is 10.4. The predicted molar refractivity (Wildman–Crippen MR) is 107 cm³/mol. The normalized spacial score (nSPS) is 16.7. The number of non-ortho nitro benzene ring substituents is 1. The summed E-state index contributed by atoms with van der Waals surface area (Å²) in [7, 11) is -2.00. The van der Waals surface area contributed by atoms with Crippen molar-refractivity contribution in [3.05, 3.63) is 69.8 Å². The first kappa shape index (κ1) is 20.5. The molecule has 1 amide bonds. The monoisotopic (exact) mass is 416 g/mol. The Kier molecular flexibility index (Phi) is 5.64. The predicted octanol–water partition coefficient (Wildman–Crippen LogP) is 2.24. The van der Waals surface area contributed by atoms with Crippen LogP contribution in [0.1, 0.15) is 30.5 Å². The van der Waals surface area contributed by atoms with Crippen molar-refractivity contribution >= 4 is 27.5 Å². The van der Waals surface area contributed by atoms with Crippen molar-refractivity contribution in [2.45, 2.75) is 24.3 Å². The summed E-state index contributed by atoms with van der Waals surface area (Å²) < 4.78 is 26.5. The van der Waals surface area contributed by atoms with Crippen LogP contribution in [0.2, 0.25) is 0 Å². The maximum absolute atomic E-state index is 12.5. The maximum Gasteiger partial charge on any atom is 0.269 e. The van der Waals surface area contributed by atoms with E-state index in [0.29, 0.717) is 11.1 Å². The topological polar surface area (TPSA) is 122 Å². The van der Waals surface area contributed by atoms with Gasteiger partial charge in [0, 0.05) is 31.2 Å². The molecule has 10 heteroatoms. The number of nitrogens with one attached hydrogen (secondary N) is 1. The number of nitro groups is 1. The molecule has 0 radical (unpaired) electrons. The lowest BCUT2D eigenvalue weighted by atomic mass is 10.1. The Hall–Kier alpha value is -3.27. The van der Waals surface area contributed by atoms with Gasteiger partial charge >= 0.3 is 0 Å². The van der Waals surface area contributed by atoms with Crippen LogP contribution in [-0.4, -0.2) is 43.6 Å². The van der Waals surface area contributed by atoms with Crippen LogP contribution in [0.15, 0.2) is 58.4 Å². The fourth-order valence-electron chi connectivity index (χ4n) is 3.03. The van der Waals surface area contributed by atoms with Crippen molar-refractivity contribution in [2.24, 2.45) is 4.99 Å². The Morgan fingerprint density at radius 1 is 1.24 bits per heavy atom. The van der Waals surface area contributed by atoms with Crippen LogP contribution >= 0.6 is 0 Å². The zero-order valence-electron chi connectivity index (χ0n) is 15.9. The minimum absolute atomic E-state index is 0.0335. The molecule has 1 aliphatic heterocycles. The second-order valence-corrected chi connectivity index (χ2v) is 8.27. The van der Waals surface area contributed by atoms with Gasteiger partial charge in [0.25, 0.3) is 15.7 Å². The van der Waals surface area contributed by atoms with E-state index >= 15 is 0 Å². The highest BCUT2D eigenvalue weighted by Gasteiger charge is 2.30. The molecule has 29 heavy (non-hydrogen) atoms. The summed E-state index contributed by atoms with van der Waals surface area (Å²) in [6, 6.07) is 12.3. The number of hydrogen-bond donors (Lipinski definition) is 1. The van der Waals surface area contributed by atoms with E-state index in [1.54, 1.807) is 44.3 Å². The van der Waals surface area contributed by atoms with Gasteiger partial charge in [-0.2, -0.15) is 0 Å². The second-order valence-electron chi connectivity index (χ2n) is 6.61. The number of hydrogen-bond acceptors (Lipinski definition) is 6. The smallest absolute Gasteiger partial charge is 0.269 e. The molecule has 3 rings (SSSR count). The van der Waals surface area contributed by atoms with Crippen LogP contribution in [-0.2, 0) is 14.8 Å². The molecule has 0 spiro atoms. The lowest BCUT2D eigenvalue weighted by molar-refractivity contribution is -0.384. The molecule has 1 N–H and O–H groups in total. The van der Waals surface area contributed by atoms with Crippen molar-refractivity contribution in [2.75, 3.05) is 13.6 Å². The third kappa shape index (κ3) is 4.27. The minimum Gasteiger partial charge on any atom is -0.339 e. The summed E-state index contributed by atoms with van der Waals surface area (Å²) in [6.07, 6.45) is 0.0726. The summed E-state index contributed by atoms with van der Waals surface area (Å²) in [4.78, 5) is 28.9. The van der Waals surface area contributed by atoms with Gasteiger partial charge in [-0.15, -0.1) is 0 Å². The lowest BCUT2D eigenvalue weighted by Gasteiger charge is -2.25. The van der Waals surface area contributed by atoms with Gasteiger partial charge in [0.1, 0.15) is 5.84 Å². The number of fused-ring (bicyclic) bond motifs is 1. The van der Waals surface area contributed by atoms with Crippen LogP contribution in [0.3, 0.4) is 0 Å². The second kappa shape index (κ2) is 8.00. The molecular formula is C19H20N4O5S. The van der Waals surface area contributed by atoms with Gasteiger partial charge in [-0.05, 0) is 24.6 Å². The minimum atomic E-state index is -3.61. The number of benzene rings is 2. The van der Waals surface area contributed by atoms with E-state index in [1.165, 1.54) is 23.1 Å². The van der Waals surface area contributed by atoms with Crippen LogP contribution < -0.4 is 4.72 Å². The summed E-state index contributed by atoms with van der Waals surface area (Å²) in [6.45, 7) is 1.89. The molecule has 0 bridgehead atoms. The van der Waals surface area contributed by atoms with Gasteiger partial charge in [-0.1, -0.05) is 24.3 Å². The summed E-state index contributed by atoms with van der Waals surface area (Å²) in [5.41, 5.74) is 1.10. The highest BCUT2D eigenvalue weighted by molar-refractivity contribution is 7.90. The molecule has 2 aromatic carbocycles. The Morgan fingerprint density at radius 2 is 1.97 bits per heavy atom. The molecule has 0 unspecified atom stereocenters. The number of sulfonamides is 1.